The van der Waals surface area contributed by atoms with Crippen molar-refractivity contribution in [1.82, 2.24) is 9.55 Å². The number of aromatic nitrogens is 2. The molecule has 0 radical (unpaired) electrons. The van der Waals surface area contributed by atoms with Crippen LogP contribution in [0.25, 0.3) is 11.4 Å². The van der Waals surface area contributed by atoms with Gasteiger partial charge in [-0.3, -0.25) is 0 Å². The largest absolute Gasteiger partial charge is 0.378 e. The van der Waals surface area contributed by atoms with Crippen molar-refractivity contribution >= 4 is 17.3 Å². The average Bonchev–Trinajstić information content (AvgIpc) is 2.66. The van der Waals surface area contributed by atoms with Gasteiger partial charge in [-0.1, -0.05) is 11.6 Å². The van der Waals surface area contributed by atoms with Gasteiger partial charge in [-0.2, -0.15) is 5.26 Å². The van der Waals surface area contributed by atoms with Crippen LogP contribution in [0.4, 0.5) is 5.69 Å². The van der Waals surface area contributed by atoms with Crippen LogP contribution in [0, 0.1) is 11.3 Å². The fourth-order valence-electron chi connectivity index (χ4n) is 1.72. The average molecular weight is 261 g/mol. The maximum Gasteiger partial charge on any atom is 0.178 e. The molecule has 0 aliphatic heterocycles. The van der Waals surface area contributed by atoms with E-state index in [2.05, 4.69) is 4.98 Å². The Bertz CT molecular complexity index is 605. The highest BCUT2D eigenvalue weighted by molar-refractivity contribution is 6.30. The number of hydrogen-bond donors (Lipinski definition) is 0. The van der Waals surface area contributed by atoms with Gasteiger partial charge in [0.2, 0.25) is 0 Å². The van der Waals surface area contributed by atoms with Crippen LogP contribution in [0.3, 0.4) is 0 Å². The molecule has 2 rings (SSSR count). The highest BCUT2D eigenvalue weighted by atomic mass is 35.5. The van der Waals surface area contributed by atoms with Crippen LogP contribution in [-0.4, -0.2) is 23.6 Å². The summed E-state index contributed by atoms with van der Waals surface area (Å²) in [6, 6.07) is 9.93. The molecule has 0 N–H and O–H groups in total. The Morgan fingerprint density at radius 1 is 1.28 bits per heavy atom. The van der Waals surface area contributed by atoms with E-state index >= 15 is 0 Å². The van der Waals surface area contributed by atoms with Gasteiger partial charge in [0.25, 0.3) is 0 Å². The van der Waals surface area contributed by atoms with E-state index in [1.165, 1.54) is 0 Å². The second kappa shape index (κ2) is 4.71. The van der Waals surface area contributed by atoms with Crippen LogP contribution in [0.5, 0.6) is 0 Å². The van der Waals surface area contributed by atoms with E-state index in [1.54, 1.807) is 11.6 Å². The van der Waals surface area contributed by atoms with Crippen molar-refractivity contribution < 1.29 is 0 Å². The van der Waals surface area contributed by atoms with Crippen LogP contribution in [0.1, 0.15) is 5.69 Å². The summed E-state index contributed by atoms with van der Waals surface area (Å²) in [6.07, 6.45) is 0. The van der Waals surface area contributed by atoms with Gasteiger partial charge in [0.05, 0.1) is 0 Å². The van der Waals surface area contributed by atoms with Gasteiger partial charge in [0, 0.05) is 32.4 Å². The zero-order valence-electron chi connectivity index (χ0n) is 10.5. The third kappa shape index (κ3) is 2.05. The Hall–Kier alpha value is -1.99. The molecule has 2 aromatic rings. The van der Waals surface area contributed by atoms with Gasteiger partial charge in [-0.15, -0.1) is 0 Å². The van der Waals surface area contributed by atoms with E-state index < -0.39 is 0 Å². The monoisotopic (exact) mass is 260 g/mol. The molecule has 4 nitrogen and oxygen atoms in total. The number of anilines is 1. The predicted molar refractivity (Wildman–Crippen MR) is 72.7 cm³/mol. The van der Waals surface area contributed by atoms with Gasteiger partial charge in [0.1, 0.15) is 17.0 Å². The van der Waals surface area contributed by atoms with Crippen LogP contribution in [0.15, 0.2) is 24.3 Å². The number of nitrogens with zero attached hydrogens (tertiary/aromatic N) is 4. The molecule has 0 bridgehead atoms. The highest BCUT2D eigenvalue weighted by Gasteiger charge is 2.13. The second-order valence-corrected chi connectivity index (χ2v) is 4.54. The standard InChI is InChI=1S/C13H13ClN4/c1-17(2)10-6-4-9(5-7-10)13-16-11(8-15)12(14)18(13)3/h4-7H,1-3H3. The molecule has 0 saturated heterocycles. The Balaban J connectivity index is 2.47. The molecule has 0 aliphatic carbocycles. The lowest BCUT2D eigenvalue weighted by Crippen LogP contribution is -2.08. The number of nitriles is 1. The number of imidazole rings is 1. The summed E-state index contributed by atoms with van der Waals surface area (Å²) in [7, 11) is 5.77. The molecule has 92 valence electrons. The summed E-state index contributed by atoms with van der Waals surface area (Å²) in [5.74, 6) is 0.696. The Morgan fingerprint density at radius 2 is 1.89 bits per heavy atom. The third-order valence-electron chi connectivity index (χ3n) is 2.77. The first-order valence-corrected chi connectivity index (χ1v) is 5.82. The lowest BCUT2D eigenvalue weighted by molar-refractivity contribution is 0.925. The maximum absolute atomic E-state index is 8.90. The zero-order valence-corrected chi connectivity index (χ0v) is 11.2. The van der Waals surface area contributed by atoms with Crippen molar-refractivity contribution in [2.45, 2.75) is 0 Å². The van der Waals surface area contributed by atoms with E-state index in [-0.39, 0.29) is 5.69 Å². The van der Waals surface area contributed by atoms with E-state index in [4.69, 9.17) is 16.9 Å². The van der Waals surface area contributed by atoms with Crippen molar-refractivity contribution in [1.29, 1.82) is 5.26 Å². The van der Waals surface area contributed by atoms with Gasteiger partial charge in [-0.25, -0.2) is 4.98 Å². The minimum atomic E-state index is 0.255. The Labute approximate surface area is 111 Å². The Morgan fingerprint density at radius 3 is 2.33 bits per heavy atom. The van der Waals surface area contributed by atoms with Gasteiger partial charge in [-0.05, 0) is 24.3 Å². The van der Waals surface area contributed by atoms with Crippen molar-refractivity contribution in [3.05, 3.63) is 35.1 Å². The number of rotatable bonds is 2. The SMILES string of the molecule is CN(C)c1ccc(-c2nc(C#N)c(Cl)n2C)cc1. The summed E-state index contributed by atoms with van der Waals surface area (Å²) in [5, 5.41) is 9.27. The quantitative estimate of drug-likeness (QED) is 0.834. The first-order valence-electron chi connectivity index (χ1n) is 5.44. The van der Waals surface area contributed by atoms with Crippen molar-refractivity contribution in [3.8, 4) is 17.5 Å². The van der Waals surface area contributed by atoms with Crippen LogP contribution < -0.4 is 4.90 Å². The topological polar surface area (TPSA) is 44.9 Å². The molecule has 1 aromatic carbocycles. The van der Waals surface area contributed by atoms with Crippen LogP contribution in [-0.2, 0) is 7.05 Å². The second-order valence-electron chi connectivity index (χ2n) is 4.19. The van der Waals surface area contributed by atoms with Gasteiger partial charge in [0.15, 0.2) is 5.69 Å². The molecule has 18 heavy (non-hydrogen) atoms. The van der Waals surface area contributed by atoms with Crippen molar-refractivity contribution in [3.63, 3.8) is 0 Å². The first kappa shape index (κ1) is 12.5. The number of halogens is 1. The fourth-order valence-corrected chi connectivity index (χ4v) is 1.88. The Kier molecular flexibility index (Phi) is 3.26. The number of hydrogen-bond acceptors (Lipinski definition) is 3. The van der Waals surface area contributed by atoms with Crippen molar-refractivity contribution in [2.75, 3.05) is 19.0 Å². The molecular weight excluding hydrogens is 248 g/mol. The van der Waals surface area contributed by atoms with Crippen molar-refractivity contribution in [2.24, 2.45) is 7.05 Å². The van der Waals surface area contributed by atoms with Crippen LogP contribution in [0.2, 0.25) is 5.15 Å². The molecular formula is C13H13ClN4. The first-order chi connectivity index (χ1) is 8.54. The predicted octanol–water partition coefficient (Wildman–Crippen LogP) is 2.68. The molecule has 0 atom stereocenters. The summed E-state index contributed by atoms with van der Waals surface area (Å²) in [5.41, 5.74) is 2.30. The highest BCUT2D eigenvalue weighted by Crippen LogP contribution is 2.25. The zero-order chi connectivity index (χ0) is 13.3. The summed E-state index contributed by atoms with van der Waals surface area (Å²) in [6.45, 7) is 0. The lowest BCUT2D eigenvalue weighted by Gasteiger charge is -2.12. The van der Waals surface area contributed by atoms with E-state index in [9.17, 15) is 0 Å². The molecule has 0 fully saturated rings. The fraction of sp³-hybridized carbons (Fsp3) is 0.231. The van der Waals surface area contributed by atoms with E-state index in [0.29, 0.717) is 11.0 Å². The molecule has 0 saturated carbocycles. The molecule has 0 amide bonds. The molecule has 0 aliphatic rings. The third-order valence-corrected chi connectivity index (χ3v) is 3.21. The van der Waals surface area contributed by atoms with Gasteiger partial charge < -0.3 is 9.47 Å². The maximum atomic E-state index is 8.90. The van der Waals surface area contributed by atoms with Crippen LogP contribution >= 0.6 is 11.6 Å². The minimum Gasteiger partial charge on any atom is -0.378 e. The summed E-state index contributed by atoms with van der Waals surface area (Å²) in [4.78, 5) is 6.25. The minimum absolute atomic E-state index is 0.255. The molecule has 5 heteroatoms. The lowest BCUT2D eigenvalue weighted by atomic mass is 10.2. The summed E-state index contributed by atoms with van der Waals surface area (Å²) < 4.78 is 1.71. The molecule has 1 aromatic heterocycles. The normalized spacial score (nSPS) is 10.2. The van der Waals surface area contributed by atoms with Gasteiger partial charge >= 0.3 is 0 Å². The summed E-state index contributed by atoms with van der Waals surface area (Å²) >= 11 is 6.02. The molecule has 0 unspecified atom stereocenters. The van der Waals surface area contributed by atoms with E-state index in [1.807, 2.05) is 49.3 Å². The smallest absolute Gasteiger partial charge is 0.178 e. The van der Waals surface area contributed by atoms with E-state index in [0.717, 1.165) is 11.3 Å². The molecule has 1 heterocycles. The number of benzene rings is 1. The molecule has 0 spiro atoms.